The van der Waals surface area contributed by atoms with Crippen LogP contribution in [-0.2, 0) is 5.75 Å². The maximum Gasteiger partial charge on any atom is 0.289 e. The molecule has 0 bridgehead atoms. The molecule has 0 saturated carbocycles. The number of halogens is 1. The van der Waals surface area contributed by atoms with Gasteiger partial charge in [0.1, 0.15) is 0 Å². The normalized spacial score (nSPS) is 17.3. The van der Waals surface area contributed by atoms with Crippen molar-refractivity contribution < 1.29 is 9.21 Å². The molecule has 3 rings (SSSR count). The molecule has 6 heteroatoms. The number of carbonyl (C=O) groups excluding carboxylic acids is 1. The van der Waals surface area contributed by atoms with Crippen LogP contribution in [0, 0.1) is 0 Å². The smallest absolute Gasteiger partial charge is 0.289 e. The van der Waals surface area contributed by atoms with Gasteiger partial charge in [0.2, 0.25) is 0 Å². The quantitative estimate of drug-likeness (QED) is 0.870. The molecule has 2 heterocycles. The number of thioether (sulfide) groups is 1. The maximum atomic E-state index is 12.5. The second kappa shape index (κ2) is 7.72. The highest BCUT2D eigenvalue weighted by Gasteiger charge is 2.27. The van der Waals surface area contributed by atoms with E-state index in [1.54, 1.807) is 22.9 Å². The lowest BCUT2D eigenvalue weighted by atomic mass is 10.2. The summed E-state index contributed by atoms with van der Waals surface area (Å²) in [4.78, 5) is 15.4. The molecule has 1 atom stereocenters. The van der Waals surface area contributed by atoms with E-state index >= 15 is 0 Å². The number of nitrogens with two attached hydrogens (primary N) is 1. The van der Waals surface area contributed by atoms with Gasteiger partial charge in [0.05, 0.1) is 6.26 Å². The maximum absolute atomic E-state index is 12.5. The van der Waals surface area contributed by atoms with Crippen LogP contribution in [0.4, 0.5) is 0 Å². The molecular weight excluding hydrogens is 320 g/mol. The Morgan fingerprint density at radius 1 is 1.32 bits per heavy atom. The molecule has 1 aromatic heterocycles. The summed E-state index contributed by atoms with van der Waals surface area (Å²) in [6, 6.07) is 12.1. The van der Waals surface area contributed by atoms with E-state index in [0.717, 1.165) is 17.7 Å². The minimum Gasteiger partial charge on any atom is -0.459 e. The van der Waals surface area contributed by atoms with Crippen LogP contribution in [0.5, 0.6) is 0 Å². The second-order valence-electron chi connectivity index (χ2n) is 5.18. The lowest BCUT2D eigenvalue weighted by Gasteiger charge is -2.14. The van der Waals surface area contributed by atoms with Gasteiger partial charge in [0.25, 0.3) is 5.91 Å². The molecule has 2 N–H and O–H groups in total. The Kier molecular flexibility index (Phi) is 5.94. The van der Waals surface area contributed by atoms with Gasteiger partial charge in [-0.15, -0.1) is 24.2 Å². The molecule has 22 heavy (non-hydrogen) atoms. The summed E-state index contributed by atoms with van der Waals surface area (Å²) >= 11 is 1.70. The molecule has 1 aliphatic rings. The summed E-state index contributed by atoms with van der Waals surface area (Å²) in [7, 11) is 0. The summed E-state index contributed by atoms with van der Waals surface area (Å²) in [5, 5.41) is 0. The predicted octanol–water partition coefficient (Wildman–Crippen LogP) is 3.17. The number of likely N-dealkylation sites (tertiary alicyclic amines) is 1. The molecule has 0 aliphatic carbocycles. The fraction of sp³-hybridized carbons (Fsp3) is 0.312. The number of rotatable bonds is 4. The number of amides is 1. The zero-order valence-corrected chi connectivity index (χ0v) is 13.7. The molecule has 118 valence electrons. The molecular formula is C16H19ClN2O2S. The van der Waals surface area contributed by atoms with Crippen LogP contribution in [0.1, 0.15) is 22.5 Å². The van der Waals surface area contributed by atoms with Gasteiger partial charge in [-0.25, -0.2) is 0 Å². The number of benzene rings is 1. The molecule has 1 aromatic carbocycles. The van der Waals surface area contributed by atoms with Gasteiger partial charge in [-0.1, -0.05) is 18.2 Å². The minimum absolute atomic E-state index is 0. The molecule has 4 nitrogen and oxygen atoms in total. The van der Waals surface area contributed by atoms with Gasteiger partial charge >= 0.3 is 0 Å². The van der Waals surface area contributed by atoms with E-state index in [1.807, 2.05) is 24.3 Å². The Labute approximate surface area is 140 Å². The highest BCUT2D eigenvalue weighted by atomic mass is 35.5. The first-order valence-corrected chi connectivity index (χ1v) is 8.01. The predicted molar refractivity (Wildman–Crippen MR) is 90.5 cm³/mol. The number of carbonyl (C=O) groups is 1. The molecule has 0 spiro atoms. The topological polar surface area (TPSA) is 59.5 Å². The largest absolute Gasteiger partial charge is 0.459 e. The van der Waals surface area contributed by atoms with Crippen molar-refractivity contribution in [2.24, 2.45) is 5.73 Å². The number of nitrogens with zero attached hydrogens (tertiary/aromatic N) is 1. The summed E-state index contributed by atoms with van der Waals surface area (Å²) in [5.41, 5.74) is 6.80. The standard InChI is InChI=1S/C16H18N2O2S.ClH/c17-13-6-8-18(10-13)16(19)15-12(7-9-20-15)11-21-14-4-2-1-3-5-14;/h1-5,7,9,13H,6,8,10-11,17H2;1H/t13-;/m1./s1. The molecule has 0 radical (unpaired) electrons. The summed E-state index contributed by atoms with van der Waals surface area (Å²) < 4.78 is 5.42. The number of hydrogen-bond acceptors (Lipinski definition) is 4. The summed E-state index contributed by atoms with van der Waals surface area (Å²) in [5.74, 6) is 1.13. The molecule has 1 aliphatic heterocycles. The average molecular weight is 339 g/mol. The van der Waals surface area contributed by atoms with E-state index in [1.165, 1.54) is 4.90 Å². The van der Waals surface area contributed by atoms with E-state index in [-0.39, 0.29) is 24.4 Å². The molecule has 1 amide bonds. The Hall–Kier alpha value is -1.43. The van der Waals surface area contributed by atoms with Gasteiger partial charge in [-0.2, -0.15) is 0 Å². The first-order valence-electron chi connectivity index (χ1n) is 7.03. The van der Waals surface area contributed by atoms with Crippen LogP contribution in [0.15, 0.2) is 52.0 Å². The average Bonchev–Trinajstić information content (AvgIpc) is 3.14. The SMILES string of the molecule is Cl.N[C@@H]1CCN(C(=O)c2occc2CSc2ccccc2)C1. The Bertz CT molecular complexity index is 618. The zero-order chi connectivity index (χ0) is 14.7. The van der Waals surface area contributed by atoms with Crippen molar-refractivity contribution in [1.82, 2.24) is 4.90 Å². The van der Waals surface area contributed by atoms with Crippen molar-refractivity contribution in [3.63, 3.8) is 0 Å². The molecule has 1 fully saturated rings. The van der Waals surface area contributed by atoms with E-state index in [2.05, 4.69) is 12.1 Å². The second-order valence-corrected chi connectivity index (χ2v) is 6.23. The molecule has 2 aromatic rings. The fourth-order valence-electron chi connectivity index (χ4n) is 2.43. The monoisotopic (exact) mass is 338 g/mol. The minimum atomic E-state index is -0.0448. The van der Waals surface area contributed by atoms with Crippen molar-refractivity contribution in [3.8, 4) is 0 Å². The summed E-state index contributed by atoms with van der Waals surface area (Å²) in [6.07, 6.45) is 2.45. The third-order valence-electron chi connectivity index (χ3n) is 3.59. The Balaban J connectivity index is 0.00000176. The Morgan fingerprint density at radius 2 is 2.09 bits per heavy atom. The van der Waals surface area contributed by atoms with E-state index < -0.39 is 0 Å². The van der Waals surface area contributed by atoms with Gasteiger partial charge in [0, 0.05) is 35.3 Å². The van der Waals surface area contributed by atoms with Crippen molar-refractivity contribution in [2.45, 2.75) is 23.1 Å². The first kappa shape index (κ1) is 16.9. The van der Waals surface area contributed by atoms with Crippen LogP contribution in [-0.4, -0.2) is 29.9 Å². The third kappa shape index (κ3) is 3.85. The summed E-state index contributed by atoms with van der Waals surface area (Å²) in [6.45, 7) is 1.33. The van der Waals surface area contributed by atoms with Gasteiger partial charge in [0.15, 0.2) is 5.76 Å². The molecule has 0 unspecified atom stereocenters. The van der Waals surface area contributed by atoms with Gasteiger partial charge in [-0.3, -0.25) is 4.79 Å². The fourth-order valence-corrected chi connectivity index (χ4v) is 3.33. The third-order valence-corrected chi connectivity index (χ3v) is 4.65. The lowest BCUT2D eigenvalue weighted by molar-refractivity contribution is 0.0758. The van der Waals surface area contributed by atoms with Crippen LogP contribution in [0.25, 0.3) is 0 Å². The van der Waals surface area contributed by atoms with E-state index in [4.69, 9.17) is 10.2 Å². The number of furan rings is 1. The number of hydrogen-bond donors (Lipinski definition) is 1. The lowest BCUT2D eigenvalue weighted by Crippen LogP contribution is -2.32. The molecule has 1 saturated heterocycles. The zero-order valence-electron chi connectivity index (χ0n) is 12.1. The first-order chi connectivity index (χ1) is 10.2. The Morgan fingerprint density at radius 3 is 2.77 bits per heavy atom. The van der Waals surface area contributed by atoms with Gasteiger partial charge in [-0.05, 0) is 24.6 Å². The van der Waals surface area contributed by atoms with Crippen LogP contribution in [0.2, 0.25) is 0 Å². The van der Waals surface area contributed by atoms with Crippen LogP contribution >= 0.6 is 24.2 Å². The van der Waals surface area contributed by atoms with Crippen LogP contribution < -0.4 is 5.73 Å². The van der Waals surface area contributed by atoms with Crippen LogP contribution in [0.3, 0.4) is 0 Å². The van der Waals surface area contributed by atoms with Crippen molar-refractivity contribution in [3.05, 3.63) is 54.0 Å². The van der Waals surface area contributed by atoms with Crippen molar-refractivity contribution in [2.75, 3.05) is 13.1 Å². The van der Waals surface area contributed by atoms with E-state index in [0.29, 0.717) is 18.8 Å². The highest BCUT2D eigenvalue weighted by molar-refractivity contribution is 7.98. The highest BCUT2D eigenvalue weighted by Crippen LogP contribution is 2.26. The van der Waals surface area contributed by atoms with Crippen molar-refractivity contribution >= 4 is 30.1 Å². The van der Waals surface area contributed by atoms with Crippen molar-refractivity contribution in [1.29, 1.82) is 0 Å². The van der Waals surface area contributed by atoms with E-state index in [9.17, 15) is 4.79 Å². The van der Waals surface area contributed by atoms with Gasteiger partial charge < -0.3 is 15.1 Å².